The van der Waals surface area contributed by atoms with Crippen LogP contribution in [0.4, 0.5) is 31.3 Å². The van der Waals surface area contributed by atoms with Crippen LogP contribution >= 0.6 is 85.5 Å². The van der Waals surface area contributed by atoms with Crippen LogP contribution in [0.3, 0.4) is 0 Å². The van der Waals surface area contributed by atoms with Crippen LogP contribution in [0.25, 0.3) is 0 Å². The van der Waals surface area contributed by atoms with Crippen LogP contribution in [-0.4, -0.2) is 0 Å². The Morgan fingerprint density at radius 1 is 0.475 bits per heavy atom. The molecular weight excluding hydrogens is 1020 g/mol. The summed E-state index contributed by atoms with van der Waals surface area (Å²) in [7, 11) is 0. The smallest absolute Gasteiger partial charge is 0.171 e. The van der Waals surface area contributed by atoms with E-state index in [4.69, 9.17) is 57.4 Å². The monoisotopic (exact) mass is 1080 g/mol. The molecule has 0 saturated carbocycles. The van der Waals surface area contributed by atoms with Gasteiger partial charge in [-0.3, -0.25) is 0 Å². The molecule has 0 heterocycles. The highest BCUT2D eigenvalue weighted by Crippen LogP contribution is 2.42. The molecule has 9 heteroatoms. The molecule has 6 aromatic rings. The van der Waals surface area contributed by atoms with Crippen LogP contribution in [0.2, 0.25) is 20.1 Å². The van der Waals surface area contributed by atoms with Gasteiger partial charge in [-0.1, -0.05) is 190 Å². The number of rotatable bonds is 5. The van der Waals surface area contributed by atoms with Crippen molar-refractivity contribution in [3.8, 4) is 0 Å². The predicted molar refractivity (Wildman–Crippen MR) is 281 cm³/mol. The molecule has 6 aromatic carbocycles. The molecule has 2 nitrogen and oxygen atoms in total. The fourth-order valence-corrected chi connectivity index (χ4v) is 6.54. The van der Waals surface area contributed by atoms with Gasteiger partial charge in [-0.15, -0.1) is 0 Å². The molecule has 0 radical (unpaired) electrons. The summed E-state index contributed by atoms with van der Waals surface area (Å²) >= 11 is 28.1. The molecule has 0 aliphatic rings. The Morgan fingerprint density at radius 2 is 0.869 bits per heavy atom. The Labute approximate surface area is 419 Å². The summed E-state index contributed by atoms with van der Waals surface area (Å²) in [4.78, 5) is 1.66. The molecule has 1 N–H and O–H groups in total. The zero-order valence-corrected chi connectivity index (χ0v) is 43.4. The second-order valence-electron chi connectivity index (χ2n) is 18.2. The average Bonchev–Trinajstić information content (AvgIpc) is 3.25. The molecule has 0 amide bonds. The van der Waals surface area contributed by atoms with Crippen molar-refractivity contribution in [1.82, 2.24) is 0 Å². The molecule has 6 rings (SSSR count). The lowest BCUT2D eigenvalue weighted by Gasteiger charge is -2.28. The van der Waals surface area contributed by atoms with E-state index in [0.717, 1.165) is 15.7 Å². The molecule has 0 aliphatic carbocycles. The number of halogens is 7. The quantitative estimate of drug-likeness (QED) is 0.137. The minimum absolute atomic E-state index is 0.0160. The number of anilines is 5. The summed E-state index contributed by atoms with van der Waals surface area (Å²) in [5, 5.41) is 4.82. The van der Waals surface area contributed by atoms with Gasteiger partial charge < -0.3 is 10.2 Å². The van der Waals surface area contributed by atoms with Crippen molar-refractivity contribution in [3.05, 3.63) is 180 Å². The summed E-state index contributed by atoms with van der Waals surface area (Å²) in [6.45, 7) is 24.1. The van der Waals surface area contributed by atoms with Crippen molar-refractivity contribution in [2.24, 2.45) is 0 Å². The first-order valence-electron chi connectivity index (χ1n) is 23.4. The van der Waals surface area contributed by atoms with E-state index in [9.17, 15) is 2.86 Å². The fourth-order valence-electron chi connectivity index (χ4n) is 5.38. The zero-order chi connectivity index (χ0) is 52.9. The minimum atomic E-state index is -0.550. The molecule has 0 aliphatic heterocycles. The molecule has 0 bridgehead atoms. The third kappa shape index (κ3) is 15.8. The van der Waals surface area contributed by atoms with Crippen LogP contribution in [-0.2, 0) is 21.7 Å². The number of nitrogens with zero attached hydrogens (tertiary/aromatic N) is 1. The molecule has 0 unspecified atom stereocenters. The van der Waals surface area contributed by atoms with Gasteiger partial charge in [-0.2, -0.15) is 2.86 Å². The molecule has 0 fully saturated rings. The number of benzene rings is 6. The van der Waals surface area contributed by atoms with Crippen molar-refractivity contribution in [3.63, 3.8) is 0 Å². The maximum atomic E-state index is 9.47. The van der Waals surface area contributed by atoms with E-state index in [1.165, 1.54) is 5.56 Å². The van der Waals surface area contributed by atoms with Gasteiger partial charge in [0.15, 0.2) is 23.2 Å². The van der Waals surface area contributed by atoms with Gasteiger partial charge in [-0.25, -0.2) is 0 Å². The SMILES string of the molecule is Clc1cccc(Br)c1Cl.FI.[2H]c1c([2H])c(C(C)(C)C)c([2H])c([2H])c1N(c1ccc(C(C)(C)C)cc1)c1cccc(Cl)c1Cl.[2H]c1c([2H])c(C(C)(C)C)c([2H])c([2H])c1Nc1ccc(C(C)(C)C)cc1. The van der Waals surface area contributed by atoms with Crippen molar-refractivity contribution in [2.75, 3.05) is 10.2 Å². The first-order chi connectivity index (χ1) is 31.7. The van der Waals surface area contributed by atoms with E-state index < -0.39 is 10.8 Å². The molecular formula is C52H59BrCl4FIN2. The van der Waals surface area contributed by atoms with Gasteiger partial charge in [-0.05, 0) is 133 Å². The third-order valence-corrected chi connectivity index (χ3v) is 11.6. The van der Waals surface area contributed by atoms with Crippen LogP contribution < -0.4 is 10.2 Å². The Morgan fingerprint density at radius 3 is 1.28 bits per heavy atom. The van der Waals surface area contributed by atoms with Gasteiger partial charge in [0.05, 0.1) is 36.7 Å². The zero-order valence-electron chi connectivity index (χ0n) is 44.7. The lowest BCUT2D eigenvalue weighted by atomic mass is 9.86. The summed E-state index contributed by atoms with van der Waals surface area (Å²) < 4.78 is 78.5. The normalized spacial score (nSPS) is 13.4. The van der Waals surface area contributed by atoms with Gasteiger partial charge in [0.25, 0.3) is 0 Å². The van der Waals surface area contributed by atoms with E-state index in [-0.39, 0.29) is 75.6 Å². The molecule has 0 saturated heterocycles. The molecule has 0 atom stereocenters. The number of nitrogens with one attached hydrogen (secondary N) is 1. The third-order valence-electron chi connectivity index (χ3n) is 9.05. The van der Waals surface area contributed by atoms with E-state index in [1.54, 1.807) is 29.2 Å². The molecule has 326 valence electrons. The molecule has 0 aromatic heterocycles. The number of hydrogen-bond acceptors (Lipinski definition) is 2. The standard InChI is InChI=1S/C26H29Cl2N.C20H27N.C6H3BrCl2.FI/c1-25(2,3)18-10-14-20(15-11-18)29(23-9-7-8-22(27)24(23)28)21-16-12-19(13-17-21)26(4,5)6;1-19(2,3)15-7-11-17(12-8-15)21-18-13-9-16(10-14-18)20(4,5)6;7-4-2-1-3-5(8)6(4)9;1-2/h7-17H,1-6H3;7-14,21H,1-6H3;1-3H;/i10D,11D,14D,15D;7D,8D,11D,12D;;. The Bertz CT molecular complexity index is 2680. The highest BCUT2D eigenvalue weighted by Gasteiger charge is 2.21. The molecule has 61 heavy (non-hydrogen) atoms. The second kappa shape index (κ2) is 22.7. The van der Waals surface area contributed by atoms with Gasteiger partial charge in [0, 0.05) is 27.2 Å². The van der Waals surface area contributed by atoms with Crippen LogP contribution in [0.15, 0.2) is 138 Å². The Kier molecular flexibility index (Phi) is 15.3. The van der Waals surface area contributed by atoms with Crippen LogP contribution in [0.5, 0.6) is 0 Å². The average molecular weight is 1090 g/mol. The van der Waals surface area contributed by atoms with Crippen molar-refractivity contribution >= 4 is 114 Å². The molecule has 0 spiro atoms. The van der Waals surface area contributed by atoms with E-state index in [0.29, 0.717) is 60.7 Å². The highest BCUT2D eigenvalue weighted by atomic mass is 127. The van der Waals surface area contributed by atoms with Crippen LogP contribution in [0, 0.1) is 0 Å². The maximum Gasteiger partial charge on any atom is 0.171 e. The van der Waals surface area contributed by atoms with Gasteiger partial charge in [0.2, 0.25) is 0 Å². The lowest BCUT2D eigenvalue weighted by molar-refractivity contribution is 0.590. The van der Waals surface area contributed by atoms with Crippen molar-refractivity contribution in [2.45, 2.75) is 105 Å². The Hall–Kier alpha value is -2.78. The fraction of sp³-hybridized carbons (Fsp3) is 0.308. The van der Waals surface area contributed by atoms with Crippen molar-refractivity contribution in [1.29, 1.82) is 0 Å². The summed E-state index contributed by atoms with van der Waals surface area (Å²) in [6, 6.07) is 25.8. The van der Waals surface area contributed by atoms with E-state index >= 15 is 0 Å². The first kappa shape index (κ1) is 41.0. The van der Waals surface area contributed by atoms with Gasteiger partial charge in [0.1, 0.15) is 0 Å². The van der Waals surface area contributed by atoms with Crippen molar-refractivity contribution < 1.29 is 13.8 Å². The van der Waals surface area contributed by atoms with Crippen LogP contribution in [0.1, 0.15) is 116 Å². The number of hydrogen-bond donors (Lipinski definition) is 1. The predicted octanol–water partition coefficient (Wildman–Crippen LogP) is 20.1. The first-order valence-corrected chi connectivity index (χ1v) is 22.5. The van der Waals surface area contributed by atoms with Gasteiger partial charge >= 0.3 is 0 Å². The highest BCUT2D eigenvalue weighted by molar-refractivity contribution is 14.1. The summed E-state index contributed by atoms with van der Waals surface area (Å²) in [6.07, 6.45) is 0. The summed E-state index contributed by atoms with van der Waals surface area (Å²) in [5.74, 6) is 0. The van der Waals surface area contributed by atoms with E-state index in [2.05, 4.69) is 62.8 Å². The largest absolute Gasteiger partial charge is 0.356 e. The lowest BCUT2D eigenvalue weighted by Crippen LogP contribution is -2.14. The van der Waals surface area contributed by atoms with E-state index in [1.807, 2.05) is 102 Å². The maximum absolute atomic E-state index is 9.47. The summed E-state index contributed by atoms with van der Waals surface area (Å²) in [5.41, 5.74) is 4.39. The second-order valence-corrected chi connectivity index (χ2v) is 20.6. The minimum Gasteiger partial charge on any atom is -0.356 e. The Balaban J connectivity index is 0.000000307. The topological polar surface area (TPSA) is 15.3 Å².